The summed E-state index contributed by atoms with van der Waals surface area (Å²) in [4.78, 5) is 2.58. The Kier molecular flexibility index (Phi) is 4.95. The molecule has 0 bridgehead atoms. The summed E-state index contributed by atoms with van der Waals surface area (Å²) in [5.41, 5.74) is 3.09. The molecule has 0 aromatic carbocycles. The van der Waals surface area contributed by atoms with Gasteiger partial charge in [-0.25, -0.2) is 0 Å². The molecule has 1 aliphatic rings. The highest BCUT2D eigenvalue weighted by molar-refractivity contribution is 5.33. The van der Waals surface area contributed by atoms with Gasteiger partial charge in [-0.05, 0) is 44.4 Å². The lowest BCUT2D eigenvalue weighted by Crippen LogP contribution is -2.33. The first kappa shape index (κ1) is 11.5. The van der Waals surface area contributed by atoms with Crippen LogP contribution in [0.1, 0.15) is 40.0 Å². The molecule has 1 nitrogen and oxygen atoms in total. The van der Waals surface area contributed by atoms with E-state index in [1.165, 1.54) is 37.9 Å². The van der Waals surface area contributed by atoms with Gasteiger partial charge >= 0.3 is 0 Å². The third-order valence-corrected chi connectivity index (χ3v) is 3.03. The van der Waals surface area contributed by atoms with Crippen LogP contribution in [-0.2, 0) is 0 Å². The van der Waals surface area contributed by atoms with Crippen molar-refractivity contribution in [1.29, 1.82) is 0 Å². The molecule has 0 radical (unpaired) electrons. The van der Waals surface area contributed by atoms with E-state index in [9.17, 15) is 0 Å². The maximum Gasteiger partial charge on any atom is 0.0233 e. The summed E-state index contributed by atoms with van der Waals surface area (Å²) in [6.07, 6.45) is 8.42. The molecule has 0 amide bonds. The molecule has 14 heavy (non-hydrogen) atoms. The fourth-order valence-electron chi connectivity index (χ4n) is 2.04. The SMILES string of the molecule is CC=C1CCN(CCCC)CC1=CC. The molecule has 0 aromatic heterocycles. The van der Waals surface area contributed by atoms with Crippen LogP contribution in [0.2, 0.25) is 0 Å². The lowest BCUT2D eigenvalue weighted by molar-refractivity contribution is 0.280. The number of allylic oxidation sites excluding steroid dienone is 2. The number of likely N-dealkylation sites (tertiary alicyclic amines) is 1. The topological polar surface area (TPSA) is 3.24 Å². The third-order valence-electron chi connectivity index (χ3n) is 3.03. The Labute approximate surface area is 88.5 Å². The monoisotopic (exact) mass is 193 g/mol. The standard InChI is InChI=1S/C13H23N/c1-4-7-9-14-10-8-12(5-2)13(6-3)11-14/h5-6H,4,7-11H2,1-3H3. The predicted molar refractivity (Wildman–Crippen MR) is 63.5 cm³/mol. The molecule has 1 fully saturated rings. The summed E-state index contributed by atoms with van der Waals surface area (Å²) in [6, 6.07) is 0. The van der Waals surface area contributed by atoms with Crippen LogP contribution in [0.5, 0.6) is 0 Å². The minimum absolute atomic E-state index is 1.16. The highest BCUT2D eigenvalue weighted by atomic mass is 15.1. The predicted octanol–water partition coefficient (Wildman–Crippen LogP) is 3.38. The average Bonchev–Trinajstić information content (AvgIpc) is 2.25. The van der Waals surface area contributed by atoms with Gasteiger partial charge in [0.05, 0.1) is 0 Å². The largest absolute Gasteiger partial charge is 0.299 e. The van der Waals surface area contributed by atoms with Gasteiger partial charge in [0.15, 0.2) is 0 Å². The Morgan fingerprint density at radius 2 is 1.93 bits per heavy atom. The van der Waals surface area contributed by atoms with E-state index in [0.717, 1.165) is 6.54 Å². The van der Waals surface area contributed by atoms with Crippen molar-refractivity contribution in [2.45, 2.75) is 40.0 Å². The van der Waals surface area contributed by atoms with Gasteiger partial charge in [-0.1, -0.05) is 25.5 Å². The second-order valence-corrected chi connectivity index (χ2v) is 4.01. The first-order valence-electron chi connectivity index (χ1n) is 5.84. The molecule has 1 saturated heterocycles. The van der Waals surface area contributed by atoms with E-state index >= 15 is 0 Å². The number of piperidine rings is 1. The van der Waals surface area contributed by atoms with Gasteiger partial charge in [0.25, 0.3) is 0 Å². The van der Waals surface area contributed by atoms with Crippen LogP contribution in [0.25, 0.3) is 0 Å². The third kappa shape index (κ3) is 2.98. The smallest absolute Gasteiger partial charge is 0.0233 e. The number of unbranched alkanes of at least 4 members (excludes halogenated alkanes) is 1. The Balaban J connectivity index is 2.49. The van der Waals surface area contributed by atoms with Crippen molar-refractivity contribution in [3.63, 3.8) is 0 Å². The van der Waals surface area contributed by atoms with Crippen LogP contribution in [-0.4, -0.2) is 24.5 Å². The maximum atomic E-state index is 2.58. The van der Waals surface area contributed by atoms with Crippen LogP contribution in [0.15, 0.2) is 23.3 Å². The molecule has 1 rings (SSSR count). The molecular formula is C13H23N. The van der Waals surface area contributed by atoms with Crippen LogP contribution < -0.4 is 0 Å². The molecule has 0 atom stereocenters. The van der Waals surface area contributed by atoms with Crippen molar-refractivity contribution in [2.75, 3.05) is 19.6 Å². The lowest BCUT2D eigenvalue weighted by atomic mass is 9.97. The van der Waals surface area contributed by atoms with E-state index in [-0.39, 0.29) is 0 Å². The zero-order valence-corrected chi connectivity index (χ0v) is 9.84. The first-order chi connectivity index (χ1) is 6.81. The van der Waals surface area contributed by atoms with Crippen molar-refractivity contribution in [1.82, 2.24) is 4.90 Å². The molecule has 0 saturated carbocycles. The van der Waals surface area contributed by atoms with E-state index in [1.807, 2.05) is 0 Å². The second-order valence-electron chi connectivity index (χ2n) is 4.01. The van der Waals surface area contributed by atoms with Gasteiger partial charge in [0.2, 0.25) is 0 Å². The normalized spacial score (nSPS) is 24.8. The molecule has 0 aliphatic carbocycles. The fraction of sp³-hybridized carbons (Fsp3) is 0.692. The van der Waals surface area contributed by atoms with Crippen LogP contribution >= 0.6 is 0 Å². The molecule has 0 aromatic rings. The average molecular weight is 193 g/mol. The van der Waals surface area contributed by atoms with Crippen molar-refractivity contribution in [3.8, 4) is 0 Å². The van der Waals surface area contributed by atoms with Crippen molar-refractivity contribution < 1.29 is 0 Å². The summed E-state index contributed by atoms with van der Waals surface area (Å²) in [5, 5.41) is 0. The number of hydrogen-bond acceptors (Lipinski definition) is 1. The molecule has 80 valence electrons. The van der Waals surface area contributed by atoms with E-state index in [2.05, 4.69) is 37.8 Å². The van der Waals surface area contributed by atoms with Crippen molar-refractivity contribution in [3.05, 3.63) is 23.3 Å². The zero-order valence-electron chi connectivity index (χ0n) is 9.84. The maximum absolute atomic E-state index is 2.58. The molecular weight excluding hydrogens is 170 g/mol. The van der Waals surface area contributed by atoms with Crippen LogP contribution in [0, 0.1) is 0 Å². The minimum atomic E-state index is 1.16. The fourth-order valence-corrected chi connectivity index (χ4v) is 2.04. The molecule has 1 heterocycles. The number of rotatable bonds is 3. The Morgan fingerprint density at radius 1 is 1.21 bits per heavy atom. The highest BCUT2D eigenvalue weighted by Crippen LogP contribution is 2.21. The van der Waals surface area contributed by atoms with Crippen molar-refractivity contribution >= 4 is 0 Å². The Morgan fingerprint density at radius 3 is 2.50 bits per heavy atom. The van der Waals surface area contributed by atoms with E-state index in [1.54, 1.807) is 5.57 Å². The van der Waals surface area contributed by atoms with Gasteiger partial charge < -0.3 is 0 Å². The van der Waals surface area contributed by atoms with Crippen molar-refractivity contribution in [2.24, 2.45) is 0 Å². The van der Waals surface area contributed by atoms with E-state index in [4.69, 9.17) is 0 Å². The van der Waals surface area contributed by atoms with E-state index < -0.39 is 0 Å². The molecule has 0 spiro atoms. The van der Waals surface area contributed by atoms with Crippen LogP contribution in [0.3, 0.4) is 0 Å². The van der Waals surface area contributed by atoms with E-state index in [0.29, 0.717) is 0 Å². The lowest BCUT2D eigenvalue weighted by Gasteiger charge is -2.30. The van der Waals surface area contributed by atoms with Gasteiger partial charge in [-0.15, -0.1) is 0 Å². The Bertz CT molecular complexity index is 225. The molecule has 0 N–H and O–H groups in total. The van der Waals surface area contributed by atoms with Gasteiger partial charge in [0, 0.05) is 13.1 Å². The molecule has 0 unspecified atom stereocenters. The summed E-state index contributed by atoms with van der Waals surface area (Å²) in [7, 11) is 0. The Hall–Kier alpha value is -0.560. The second kappa shape index (κ2) is 6.02. The van der Waals surface area contributed by atoms with Gasteiger partial charge in [0.1, 0.15) is 0 Å². The summed E-state index contributed by atoms with van der Waals surface area (Å²) in [6.45, 7) is 10.2. The molecule has 1 heteroatoms. The zero-order chi connectivity index (χ0) is 10.4. The molecule has 1 aliphatic heterocycles. The minimum Gasteiger partial charge on any atom is -0.299 e. The van der Waals surface area contributed by atoms with Gasteiger partial charge in [-0.3, -0.25) is 4.90 Å². The number of nitrogens with zero attached hydrogens (tertiary/aromatic N) is 1. The first-order valence-corrected chi connectivity index (χ1v) is 5.84. The quantitative estimate of drug-likeness (QED) is 0.664. The van der Waals surface area contributed by atoms with Crippen LogP contribution in [0.4, 0.5) is 0 Å². The summed E-state index contributed by atoms with van der Waals surface area (Å²) >= 11 is 0. The highest BCUT2D eigenvalue weighted by Gasteiger charge is 2.16. The summed E-state index contributed by atoms with van der Waals surface area (Å²) in [5.74, 6) is 0. The number of hydrogen-bond donors (Lipinski definition) is 0. The van der Waals surface area contributed by atoms with Gasteiger partial charge in [-0.2, -0.15) is 0 Å². The summed E-state index contributed by atoms with van der Waals surface area (Å²) < 4.78 is 0.